The van der Waals surface area contributed by atoms with Crippen LogP contribution in [0.15, 0.2) is 61.3 Å². The second-order valence-electron chi connectivity index (χ2n) is 10.5. The predicted molar refractivity (Wildman–Crippen MR) is 130 cm³/mol. The van der Waals surface area contributed by atoms with Crippen LogP contribution in [0.5, 0.6) is 0 Å². The van der Waals surface area contributed by atoms with Gasteiger partial charge in [0.2, 0.25) is 0 Å². The standard InChI is InChI=1S/C26H35N3OSi/c1-19(2)20-9-11-21(12-10-20)22-13-14-24(29-15-22)26(25(3,4)5,30-31(6,7)8)23-16-27-18-28-17-23/h9-19H,1-8H3. The zero-order valence-corrected chi connectivity index (χ0v) is 21.1. The van der Waals surface area contributed by atoms with Gasteiger partial charge >= 0.3 is 0 Å². The molecular weight excluding hydrogens is 398 g/mol. The van der Waals surface area contributed by atoms with Crippen molar-refractivity contribution in [3.8, 4) is 11.1 Å². The maximum atomic E-state index is 6.95. The van der Waals surface area contributed by atoms with Crippen LogP contribution >= 0.6 is 0 Å². The number of aromatic nitrogens is 3. The van der Waals surface area contributed by atoms with Crippen molar-refractivity contribution < 1.29 is 4.43 Å². The first-order valence-corrected chi connectivity index (χ1v) is 14.4. The zero-order chi connectivity index (χ0) is 22.9. The van der Waals surface area contributed by atoms with Gasteiger partial charge in [-0.2, -0.15) is 0 Å². The normalized spacial score (nSPS) is 14.5. The molecule has 1 atom stereocenters. The van der Waals surface area contributed by atoms with E-state index in [9.17, 15) is 0 Å². The summed E-state index contributed by atoms with van der Waals surface area (Å²) < 4.78 is 6.95. The Hall–Kier alpha value is -2.37. The lowest BCUT2D eigenvalue weighted by Crippen LogP contribution is -2.50. The molecule has 3 aromatic rings. The second-order valence-corrected chi connectivity index (χ2v) is 14.9. The first-order chi connectivity index (χ1) is 14.4. The van der Waals surface area contributed by atoms with Gasteiger partial charge in [0.05, 0.1) is 5.69 Å². The largest absolute Gasteiger partial charge is 0.402 e. The van der Waals surface area contributed by atoms with Gasteiger partial charge in [0.1, 0.15) is 11.9 Å². The fraction of sp³-hybridized carbons (Fsp3) is 0.423. The Morgan fingerprint density at radius 1 is 0.806 bits per heavy atom. The predicted octanol–water partition coefficient (Wildman–Crippen LogP) is 6.80. The minimum Gasteiger partial charge on any atom is -0.402 e. The molecule has 3 rings (SSSR count). The van der Waals surface area contributed by atoms with Crippen LogP contribution in [-0.4, -0.2) is 23.3 Å². The van der Waals surface area contributed by atoms with E-state index in [1.807, 2.05) is 18.6 Å². The fourth-order valence-electron chi connectivity index (χ4n) is 4.00. The number of nitrogens with zero attached hydrogens (tertiary/aromatic N) is 3. The number of pyridine rings is 1. The molecule has 0 aliphatic carbocycles. The monoisotopic (exact) mass is 433 g/mol. The lowest BCUT2D eigenvalue weighted by molar-refractivity contribution is -0.0123. The summed E-state index contributed by atoms with van der Waals surface area (Å²) in [4.78, 5) is 13.6. The summed E-state index contributed by atoms with van der Waals surface area (Å²) in [6.45, 7) is 17.6. The molecule has 0 aliphatic heterocycles. The first-order valence-electron chi connectivity index (χ1n) is 11.0. The smallest absolute Gasteiger partial charge is 0.185 e. The van der Waals surface area contributed by atoms with Gasteiger partial charge in [0.25, 0.3) is 0 Å². The molecule has 0 spiro atoms. The average molecular weight is 434 g/mol. The van der Waals surface area contributed by atoms with E-state index >= 15 is 0 Å². The van der Waals surface area contributed by atoms with Crippen molar-refractivity contribution >= 4 is 8.32 Å². The van der Waals surface area contributed by atoms with Gasteiger partial charge in [0, 0.05) is 35.1 Å². The molecule has 0 saturated carbocycles. The van der Waals surface area contributed by atoms with E-state index in [2.05, 4.69) is 101 Å². The number of benzene rings is 1. The van der Waals surface area contributed by atoms with Crippen molar-refractivity contribution in [2.75, 3.05) is 0 Å². The van der Waals surface area contributed by atoms with Gasteiger partial charge < -0.3 is 4.43 Å². The molecule has 1 unspecified atom stereocenters. The van der Waals surface area contributed by atoms with Crippen LogP contribution in [-0.2, 0) is 10.0 Å². The summed E-state index contributed by atoms with van der Waals surface area (Å²) in [6, 6.07) is 13.0. The molecule has 1 aromatic carbocycles. The molecule has 0 aliphatic rings. The molecule has 0 fully saturated rings. The van der Waals surface area contributed by atoms with Crippen molar-refractivity contribution in [1.82, 2.24) is 15.0 Å². The van der Waals surface area contributed by atoms with Crippen LogP contribution in [0, 0.1) is 5.41 Å². The molecule has 31 heavy (non-hydrogen) atoms. The van der Waals surface area contributed by atoms with Gasteiger partial charge in [-0.3, -0.25) is 4.98 Å². The third-order valence-electron chi connectivity index (χ3n) is 5.52. The lowest BCUT2D eigenvalue weighted by Gasteiger charge is -2.47. The maximum Gasteiger partial charge on any atom is 0.185 e. The van der Waals surface area contributed by atoms with Crippen LogP contribution in [0.1, 0.15) is 57.4 Å². The van der Waals surface area contributed by atoms with Crippen molar-refractivity contribution in [2.45, 2.75) is 65.8 Å². The highest BCUT2D eigenvalue weighted by Crippen LogP contribution is 2.48. The zero-order valence-electron chi connectivity index (χ0n) is 20.1. The summed E-state index contributed by atoms with van der Waals surface area (Å²) in [7, 11) is -1.96. The molecule has 0 radical (unpaired) electrons. The van der Waals surface area contributed by atoms with Gasteiger partial charge in [0.15, 0.2) is 8.32 Å². The van der Waals surface area contributed by atoms with Crippen molar-refractivity contribution in [1.29, 1.82) is 0 Å². The Labute approximate surface area is 188 Å². The highest BCUT2D eigenvalue weighted by atomic mass is 28.4. The van der Waals surface area contributed by atoms with Crippen molar-refractivity contribution in [2.24, 2.45) is 5.41 Å². The van der Waals surface area contributed by atoms with Crippen LogP contribution in [0.3, 0.4) is 0 Å². The van der Waals surface area contributed by atoms with E-state index < -0.39 is 13.9 Å². The van der Waals surface area contributed by atoms with Crippen molar-refractivity contribution in [3.05, 3.63) is 78.1 Å². The quantitative estimate of drug-likeness (QED) is 0.401. The van der Waals surface area contributed by atoms with Gasteiger partial charge in [-0.05, 0) is 42.8 Å². The number of rotatable bonds is 6. The molecule has 0 bridgehead atoms. The minimum atomic E-state index is -1.96. The molecule has 2 heterocycles. The van der Waals surface area contributed by atoms with E-state index in [0.717, 1.165) is 16.8 Å². The minimum absolute atomic E-state index is 0.259. The molecule has 5 heteroatoms. The Bertz CT molecular complexity index is 988. The van der Waals surface area contributed by atoms with E-state index in [4.69, 9.17) is 9.41 Å². The number of hydrogen-bond donors (Lipinski definition) is 0. The Balaban J connectivity index is 2.11. The molecule has 2 aromatic heterocycles. The molecule has 0 N–H and O–H groups in total. The van der Waals surface area contributed by atoms with Crippen LogP contribution in [0.2, 0.25) is 19.6 Å². The lowest BCUT2D eigenvalue weighted by atomic mass is 9.70. The van der Waals surface area contributed by atoms with E-state index in [1.54, 1.807) is 6.33 Å². The van der Waals surface area contributed by atoms with Crippen LogP contribution < -0.4 is 0 Å². The molecule has 164 valence electrons. The first kappa shape index (κ1) is 23.3. The third kappa shape index (κ3) is 4.94. The highest BCUT2D eigenvalue weighted by Gasteiger charge is 2.50. The molecule has 4 nitrogen and oxygen atoms in total. The van der Waals surface area contributed by atoms with Gasteiger partial charge in [-0.1, -0.05) is 65.0 Å². The summed E-state index contributed by atoms with van der Waals surface area (Å²) in [6.07, 6.45) is 7.23. The average Bonchev–Trinajstić information content (AvgIpc) is 2.71. The van der Waals surface area contributed by atoms with E-state index in [1.165, 1.54) is 11.1 Å². The summed E-state index contributed by atoms with van der Waals surface area (Å²) in [5.41, 5.74) is 4.43. The van der Waals surface area contributed by atoms with Gasteiger partial charge in [-0.25, -0.2) is 9.97 Å². The summed E-state index contributed by atoms with van der Waals surface area (Å²) >= 11 is 0. The summed E-state index contributed by atoms with van der Waals surface area (Å²) in [5.74, 6) is 0.522. The Kier molecular flexibility index (Phi) is 6.49. The molecule has 0 saturated heterocycles. The molecule has 0 amide bonds. The summed E-state index contributed by atoms with van der Waals surface area (Å²) in [5, 5.41) is 0. The Morgan fingerprint density at radius 2 is 1.39 bits per heavy atom. The maximum absolute atomic E-state index is 6.95. The van der Waals surface area contributed by atoms with E-state index in [0.29, 0.717) is 5.92 Å². The molecular formula is C26H35N3OSi. The Morgan fingerprint density at radius 3 is 1.84 bits per heavy atom. The topological polar surface area (TPSA) is 47.9 Å². The van der Waals surface area contributed by atoms with Crippen molar-refractivity contribution in [3.63, 3.8) is 0 Å². The van der Waals surface area contributed by atoms with E-state index in [-0.39, 0.29) is 5.41 Å². The highest BCUT2D eigenvalue weighted by molar-refractivity contribution is 6.69. The van der Waals surface area contributed by atoms with Crippen LogP contribution in [0.4, 0.5) is 0 Å². The SMILES string of the molecule is CC(C)c1ccc(-c2ccc(C(O[Si](C)(C)C)(c3cncnc3)C(C)(C)C)nc2)cc1. The van der Waals surface area contributed by atoms with Crippen LogP contribution in [0.25, 0.3) is 11.1 Å². The van der Waals surface area contributed by atoms with Gasteiger partial charge in [-0.15, -0.1) is 0 Å². The second kappa shape index (κ2) is 8.64. The number of hydrogen-bond acceptors (Lipinski definition) is 4. The fourth-order valence-corrected chi connectivity index (χ4v) is 5.45. The third-order valence-corrected chi connectivity index (χ3v) is 6.44.